The Morgan fingerprint density at radius 3 is 2.72 bits per heavy atom. The molecule has 0 aliphatic heterocycles. The molecular formula is C20H17Cl2FN4OS. The molecule has 0 aliphatic carbocycles. The van der Waals surface area contributed by atoms with Gasteiger partial charge in [0.25, 0.3) is 5.91 Å². The summed E-state index contributed by atoms with van der Waals surface area (Å²) < 4.78 is 16.1. The van der Waals surface area contributed by atoms with Gasteiger partial charge in [-0.25, -0.2) is 14.4 Å². The molecule has 0 unspecified atom stereocenters. The Hall–Kier alpha value is -2.48. The molecule has 0 N–H and O–H groups in total. The lowest BCUT2D eigenvalue weighted by atomic mass is 10.2. The molecule has 9 heteroatoms. The lowest BCUT2D eigenvalue weighted by Gasteiger charge is -2.20. The summed E-state index contributed by atoms with van der Waals surface area (Å²) in [5.41, 5.74) is 1.21. The van der Waals surface area contributed by atoms with E-state index in [0.29, 0.717) is 22.3 Å². The van der Waals surface area contributed by atoms with Gasteiger partial charge in [-0.05, 0) is 48.9 Å². The van der Waals surface area contributed by atoms with Gasteiger partial charge in [-0.1, -0.05) is 22.9 Å². The van der Waals surface area contributed by atoms with Crippen LogP contribution in [0.1, 0.15) is 16.8 Å². The SMILES string of the molecule is Cl.O=C(c1ccc(F)cc1)N(CCCn1ccnc1)c1nc2ccc(Cl)cc2s1. The van der Waals surface area contributed by atoms with Gasteiger partial charge in [-0.2, -0.15) is 0 Å². The highest BCUT2D eigenvalue weighted by Crippen LogP contribution is 2.31. The van der Waals surface area contributed by atoms with Crippen molar-refractivity contribution in [2.24, 2.45) is 0 Å². The second-order valence-electron chi connectivity index (χ2n) is 6.23. The second kappa shape index (κ2) is 9.35. The zero-order valence-corrected chi connectivity index (χ0v) is 17.6. The van der Waals surface area contributed by atoms with Gasteiger partial charge in [-0.15, -0.1) is 12.4 Å². The fourth-order valence-electron chi connectivity index (χ4n) is 2.86. The lowest BCUT2D eigenvalue weighted by molar-refractivity contribution is 0.0986. The number of hydrogen-bond acceptors (Lipinski definition) is 4. The summed E-state index contributed by atoms with van der Waals surface area (Å²) in [4.78, 5) is 23.4. The molecule has 1 amide bonds. The van der Waals surface area contributed by atoms with Gasteiger partial charge in [0.05, 0.1) is 16.5 Å². The molecule has 0 saturated heterocycles. The Morgan fingerprint density at radius 2 is 2.00 bits per heavy atom. The smallest absolute Gasteiger partial charge is 0.260 e. The molecule has 2 aromatic carbocycles. The number of aryl methyl sites for hydroxylation is 1. The van der Waals surface area contributed by atoms with Crippen molar-refractivity contribution in [3.05, 3.63) is 77.6 Å². The van der Waals surface area contributed by atoms with Crippen LogP contribution in [0.5, 0.6) is 0 Å². The standard InChI is InChI=1S/C20H16ClFN4OS.ClH/c21-15-4-7-17-18(12-15)28-20(24-17)26(10-1-9-25-11-8-23-13-25)19(27)14-2-5-16(22)6-3-14;/h2-8,11-13H,1,9-10H2;1H. The van der Waals surface area contributed by atoms with Crippen LogP contribution in [0, 0.1) is 5.82 Å². The van der Waals surface area contributed by atoms with Crippen molar-refractivity contribution in [3.63, 3.8) is 0 Å². The first-order valence-electron chi connectivity index (χ1n) is 8.69. The molecule has 0 bridgehead atoms. The van der Waals surface area contributed by atoms with Crippen molar-refractivity contribution in [1.82, 2.24) is 14.5 Å². The number of anilines is 1. The third-order valence-corrected chi connectivity index (χ3v) is 5.54. The van der Waals surface area contributed by atoms with Crippen molar-refractivity contribution in [2.75, 3.05) is 11.4 Å². The average Bonchev–Trinajstić information content (AvgIpc) is 3.34. The van der Waals surface area contributed by atoms with Crippen LogP contribution in [0.25, 0.3) is 10.2 Å². The lowest BCUT2D eigenvalue weighted by Crippen LogP contribution is -2.32. The van der Waals surface area contributed by atoms with Gasteiger partial charge in [0, 0.05) is 36.1 Å². The highest BCUT2D eigenvalue weighted by molar-refractivity contribution is 7.22. The summed E-state index contributed by atoms with van der Waals surface area (Å²) >= 11 is 7.49. The Kier molecular flexibility index (Phi) is 6.84. The van der Waals surface area contributed by atoms with Gasteiger partial charge in [-0.3, -0.25) is 9.69 Å². The normalized spacial score (nSPS) is 10.7. The quantitative estimate of drug-likeness (QED) is 0.392. The zero-order chi connectivity index (χ0) is 19.5. The van der Waals surface area contributed by atoms with Crippen LogP contribution in [0.2, 0.25) is 5.02 Å². The fourth-order valence-corrected chi connectivity index (χ4v) is 4.13. The molecular weight excluding hydrogens is 434 g/mol. The molecule has 2 heterocycles. The average molecular weight is 451 g/mol. The van der Waals surface area contributed by atoms with Gasteiger partial charge >= 0.3 is 0 Å². The van der Waals surface area contributed by atoms with E-state index >= 15 is 0 Å². The van der Waals surface area contributed by atoms with Gasteiger partial charge in [0.2, 0.25) is 0 Å². The van der Waals surface area contributed by atoms with E-state index < -0.39 is 0 Å². The summed E-state index contributed by atoms with van der Waals surface area (Å²) in [7, 11) is 0. The highest BCUT2D eigenvalue weighted by atomic mass is 35.5. The molecule has 29 heavy (non-hydrogen) atoms. The van der Waals surface area contributed by atoms with Gasteiger partial charge < -0.3 is 4.57 Å². The summed E-state index contributed by atoms with van der Waals surface area (Å²) in [6.45, 7) is 1.20. The van der Waals surface area contributed by atoms with Crippen molar-refractivity contribution in [1.29, 1.82) is 0 Å². The van der Waals surface area contributed by atoms with E-state index in [1.54, 1.807) is 23.5 Å². The summed E-state index contributed by atoms with van der Waals surface area (Å²) in [5, 5.41) is 1.22. The number of fused-ring (bicyclic) bond motifs is 1. The Bertz CT molecular complexity index is 1100. The minimum absolute atomic E-state index is 0. The van der Waals surface area contributed by atoms with Crippen molar-refractivity contribution in [3.8, 4) is 0 Å². The van der Waals surface area contributed by atoms with Gasteiger partial charge in [0.1, 0.15) is 5.82 Å². The van der Waals surface area contributed by atoms with E-state index in [1.807, 2.05) is 22.9 Å². The van der Waals surface area contributed by atoms with Crippen molar-refractivity contribution in [2.45, 2.75) is 13.0 Å². The number of benzene rings is 2. The minimum atomic E-state index is -0.377. The van der Waals surface area contributed by atoms with E-state index in [-0.39, 0.29) is 24.1 Å². The van der Waals surface area contributed by atoms with Crippen LogP contribution < -0.4 is 4.90 Å². The molecule has 0 saturated carbocycles. The predicted octanol–water partition coefficient (Wildman–Crippen LogP) is 5.44. The Morgan fingerprint density at radius 1 is 1.21 bits per heavy atom. The molecule has 0 atom stereocenters. The highest BCUT2D eigenvalue weighted by Gasteiger charge is 2.21. The maximum Gasteiger partial charge on any atom is 0.260 e. The Balaban J connectivity index is 0.00000240. The van der Waals surface area contributed by atoms with Crippen LogP contribution in [0.3, 0.4) is 0 Å². The van der Waals surface area contributed by atoms with Crippen LogP contribution in [0.4, 0.5) is 9.52 Å². The van der Waals surface area contributed by atoms with Crippen LogP contribution >= 0.6 is 35.3 Å². The van der Waals surface area contributed by atoms with Crippen molar-refractivity contribution < 1.29 is 9.18 Å². The zero-order valence-electron chi connectivity index (χ0n) is 15.2. The number of rotatable bonds is 6. The first-order chi connectivity index (χ1) is 13.6. The first-order valence-corrected chi connectivity index (χ1v) is 9.89. The van der Waals surface area contributed by atoms with Crippen molar-refractivity contribution >= 4 is 56.6 Å². The van der Waals surface area contributed by atoms with Crippen LogP contribution in [-0.2, 0) is 6.54 Å². The molecule has 4 rings (SSSR count). The van der Waals surface area contributed by atoms with E-state index in [4.69, 9.17) is 11.6 Å². The summed E-state index contributed by atoms with van der Waals surface area (Å²) in [6.07, 6.45) is 6.07. The third-order valence-electron chi connectivity index (χ3n) is 4.26. The number of imidazole rings is 1. The molecule has 0 aliphatic rings. The number of aromatic nitrogens is 3. The van der Waals surface area contributed by atoms with Gasteiger partial charge in [0.15, 0.2) is 5.13 Å². The molecule has 150 valence electrons. The number of carbonyl (C=O) groups is 1. The number of amides is 1. The summed E-state index contributed by atoms with van der Waals surface area (Å²) in [6, 6.07) is 11.0. The fraction of sp³-hybridized carbons (Fsp3) is 0.150. The second-order valence-corrected chi connectivity index (χ2v) is 7.67. The van der Waals surface area contributed by atoms with E-state index in [2.05, 4.69) is 9.97 Å². The molecule has 5 nitrogen and oxygen atoms in total. The van der Waals surface area contributed by atoms with E-state index in [9.17, 15) is 9.18 Å². The topological polar surface area (TPSA) is 51.0 Å². The van der Waals surface area contributed by atoms with E-state index in [1.165, 1.54) is 35.6 Å². The molecule has 0 radical (unpaired) electrons. The minimum Gasteiger partial charge on any atom is -0.337 e. The van der Waals surface area contributed by atoms with Crippen LogP contribution in [0.15, 0.2) is 61.2 Å². The third kappa shape index (κ3) is 4.93. The predicted molar refractivity (Wildman–Crippen MR) is 117 cm³/mol. The van der Waals surface area contributed by atoms with Crippen LogP contribution in [-0.4, -0.2) is 27.0 Å². The summed E-state index contributed by atoms with van der Waals surface area (Å²) in [5.74, 6) is -0.589. The molecule has 2 aromatic heterocycles. The maximum absolute atomic E-state index is 13.3. The van der Waals surface area contributed by atoms with E-state index in [0.717, 1.165) is 23.2 Å². The molecule has 0 fully saturated rings. The molecule has 0 spiro atoms. The number of halogens is 3. The first kappa shape index (κ1) is 21.2. The number of carbonyl (C=O) groups excluding carboxylic acids is 1. The number of thiazole rings is 1. The largest absolute Gasteiger partial charge is 0.337 e. The number of hydrogen-bond donors (Lipinski definition) is 0. The monoisotopic (exact) mass is 450 g/mol. The maximum atomic E-state index is 13.3. The molecule has 4 aromatic rings. The number of nitrogens with zero attached hydrogens (tertiary/aromatic N) is 4. The Labute approximate surface area is 182 Å².